The van der Waals surface area contributed by atoms with Gasteiger partial charge in [0.05, 0.1) is 0 Å². The zero-order valence-corrected chi connectivity index (χ0v) is 9.34. The van der Waals surface area contributed by atoms with Crippen LogP contribution in [0, 0.1) is 0 Å². The van der Waals surface area contributed by atoms with Crippen molar-refractivity contribution in [3.63, 3.8) is 0 Å². The van der Waals surface area contributed by atoms with E-state index in [0.717, 1.165) is 12.3 Å². The van der Waals surface area contributed by atoms with Gasteiger partial charge in [0.2, 0.25) is 0 Å². The Hall–Kier alpha value is -0.470. The molecule has 1 nitrogen and oxygen atoms in total. The van der Waals surface area contributed by atoms with Crippen molar-refractivity contribution in [1.29, 1.82) is 0 Å². The zero-order chi connectivity index (χ0) is 9.80. The lowest BCUT2D eigenvalue weighted by Gasteiger charge is -2.28. The van der Waals surface area contributed by atoms with Crippen LogP contribution >= 0.6 is 12.6 Å². The van der Waals surface area contributed by atoms with Gasteiger partial charge in [0.1, 0.15) is 0 Å². The largest absolute Gasteiger partial charge is 0.299 e. The van der Waals surface area contributed by atoms with Gasteiger partial charge >= 0.3 is 0 Å². The molecule has 0 bridgehead atoms. The van der Waals surface area contributed by atoms with E-state index in [-0.39, 0.29) is 0 Å². The van der Waals surface area contributed by atoms with E-state index in [1.807, 2.05) is 0 Å². The average molecular weight is 207 g/mol. The maximum atomic E-state index is 4.25. The second-order valence-corrected chi connectivity index (χ2v) is 4.32. The lowest BCUT2D eigenvalue weighted by atomic mass is 10.00. The third-order valence-electron chi connectivity index (χ3n) is 2.84. The van der Waals surface area contributed by atoms with E-state index >= 15 is 0 Å². The number of benzene rings is 1. The van der Waals surface area contributed by atoms with E-state index < -0.39 is 0 Å². The summed E-state index contributed by atoms with van der Waals surface area (Å²) in [4.78, 5) is 2.53. The molecule has 0 spiro atoms. The highest BCUT2D eigenvalue weighted by Gasteiger charge is 2.14. The van der Waals surface area contributed by atoms with Gasteiger partial charge in [0, 0.05) is 13.1 Å². The molecule has 0 unspecified atom stereocenters. The molecule has 0 atom stereocenters. The molecule has 1 aromatic rings. The molecule has 0 fully saturated rings. The van der Waals surface area contributed by atoms with E-state index in [0.29, 0.717) is 0 Å². The van der Waals surface area contributed by atoms with E-state index in [1.54, 1.807) is 0 Å². The molecule has 1 heterocycles. The third kappa shape index (κ3) is 2.31. The van der Waals surface area contributed by atoms with Gasteiger partial charge in [-0.1, -0.05) is 24.3 Å². The second-order valence-electron chi connectivity index (χ2n) is 3.87. The van der Waals surface area contributed by atoms with Gasteiger partial charge in [0.25, 0.3) is 0 Å². The van der Waals surface area contributed by atoms with Crippen molar-refractivity contribution in [2.45, 2.75) is 19.4 Å². The minimum absolute atomic E-state index is 0.998. The van der Waals surface area contributed by atoms with Gasteiger partial charge in [-0.3, -0.25) is 4.90 Å². The summed E-state index contributed by atoms with van der Waals surface area (Å²) >= 11 is 4.25. The van der Waals surface area contributed by atoms with Crippen LogP contribution in [-0.2, 0) is 13.0 Å². The molecule has 2 rings (SSSR count). The fourth-order valence-corrected chi connectivity index (χ4v) is 2.18. The van der Waals surface area contributed by atoms with Gasteiger partial charge in [-0.15, -0.1) is 0 Å². The van der Waals surface area contributed by atoms with Gasteiger partial charge in [-0.2, -0.15) is 12.6 Å². The molecule has 0 aliphatic carbocycles. The first-order chi connectivity index (χ1) is 6.90. The summed E-state index contributed by atoms with van der Waals surface area (Å²) in [7, 11) is 0. The number of nitrogens with zero attached hydrogens (tertiary/aromatic N) is 1. The van der Waals surface area contributed by atoms with Crippen LogP contribution in [0.4, 0.5) is 0 Å². The quantitative estimate of drug-likeness (QED) is 0.745. The first-order valence-electron chi connectivity index (χ1n) is 5.30. The first-order valence-corrected chi connectivity index (χ1v) is 5.93. The molecule has 1 aliphatic rings. The normalized spacial score (nSPS) is 16.6. The van der Waals surface area contributed by atoms with Crippen molar-refractivity contribution in [3.05, 3.63) is 35.4 Å². The predicted molar refractivity (Wildman–Crippen MR) is 63.9 cm³/mol. The van der Waals surface area contributed by atoms with Crippen LogP contribution in [0.5, 0.6) is 0 Å². The van der Waals surface area contributed by atoms with Gasteiger partial charge in [-0.25, -0.2) is 0 Å². The molecular formula is C12H17NS. The molecule has 0 amide bonds. The number of hydrogen-bond acceptors (Lipinski definition) is 2. The molecule has 1 aromatic carbocycles. The summed E-state index contributed by atoms with van der Waals surface area (Å²) in [5.74, 6) is 0.998. The van der Waals surface area contributed by atoms with Crippen molar-refractivity contribution in [3.8, 4) is 0 Å². The van der Waals surface area contributed by atoms with Crippen molar-refractivity contribution < 1.29 is 0 Å². The maximum Gasteiger partial charge on any atom is 0.0236 e. The standard InChI is InChI=1S/C12H17NS/c14-9-3-7-13-8-6-11-4-1-2-5-12(11)10-13/h1-2,4-5,14H,3,6-10H2. The smallest absolute Gasteiger partial charge is 0.0236 e. The molecule has 76 valence electrons. The Morgan fingerprint density at radius 3 is 2.79 bits per heavy atom. The summed E-state index contributed by atoms with van der Waals surface area (Å²) < 4.78 is 0. The number of hydrogen-bond donors (Lipinski definition) is 1. The summed E-state index contributed by atoms with van der Waals surface area (Å²) in [6.07, 6.45) is 2.41. The Balaban J connectivity index is 1.99. The lowest BCUT2D eigenvalue weighted by molar-refractivity contribution is 0.255. The predicted octanol–water partition coefficient (Wildman–Crippen LogP) is 2.36. The summed E-state index contributed by atoms with van der Waals surface area (Å²) in [6.45, 7) is 3.53. The molecule has 1 aliphatic heterocycles. The van der Waals surface area contributed by atoms with Gasteiger partial charge in [-0.05, 0) is 36.3 Å². The molecule has 0 N–H and O–H groups in total. The molecule has 0 saturated carbocycles. The van der Waals surface area contributed by atoms with E-state index in [9.17, 15) is 0 Å². The van der Waals surface area contributed by atoms with Crippen LogP contribution in [0.1, 0.15) is 17.5 Å². The SMILES string of the molecule is SCCCN1CCc2ccccc2C1. The second kappa shape index (κ2) is 4.85. The van der Waals surface area contributed by atoms with Crippen LogP contribution in [-0.4, -0.2) is 23.7 Å². The molecule has 0 radical (unpaired) electrons. The van der Waals surface area contributed by atoms with Crippen LogP contribution < -0.4 is 0 Å². The Kier molecular flexibility index (Phi) is 3.49. The van der Waals surface area contributed by atoms with Crippen LogP contribution in [0.3, 0.4) is 0 Å². The van der Waals surface area contributed by atoms with E-state index in [1.165, 1.54) is 37.1 Å². The Morgan fingerprint density at radius 1 is 1.21 bits per heavy atom. The number of rotatable bonds is 3. The van der Waals surface area contributed by atoms with Crippen LogP contribution in [0.15, 0.2) is 24.3 Å². The van der Waals surface area contributed by atoms with Gasteiger partial charge in [0.15, 0.2) is 0 Å². The maximum absolute atomic E-state index is 4.25. The highest BCUT2D eigenvalue weighted by atomic mass is 32.1. The van der Waals surface area contributed by atoms with E-state index in [4.69, 9.17) is 0 Å². The summed E-state index contributed by atoms with van der Waals surface area (Å²) in [5.41, 5.74) is 3.05. The third-order valence-corrected chi connectivity index (χ3v) is 3.16. The fraction of sp³-hybridized carbons (Fsp3) is 0.500. The Labute approximate surface area is 91.5 Å². The topological polar surface area (TPSA) is 3.24 Å². The van der Waals surface area contributed by atoms with Crippen molar-refractivity contribution in [2.75, 3.05) is 18.8 Å². The van der Waals surface area contributed by atoms with Crippen LogP contribution in [0.2, 0.25) is 0 Å². The van der Waals surface area contributed by atoms with Crippen molar-refractivity contribution in [1.82, 2.24) is 4.90 Å². The van der Waals surface area contributed by atoms with Crippen molar-refractivity contribution >= 4 is 12.6 Å². The minimum Gasteiger partial charge on any atom is -0.299 e. The molecule has 2 heteroatoms. The molecular weight excluding hydrogens is 190 g/mol. The highest BCUT2D eigenvalue weighted by molar-refractivity contribution is 7.80. The monoisotopic (exact) mass is 207 g/mol. The van der Waals surface area contributed by atoms with Crippen molar-refractivity contribution in [2.24, 2.45) is 0 Å². The summed E-state index contributed by atoms with van der Waals surface area (Å²) in [5, 5.41) is 0. The molecule has 14 heavy (non-hydrogen) atoms. The number of thiol groups is 1. The molecule has 0 aromatic heterocycles. The van der Waals surface area contributed by atoms with E-state index in [2.05, 4.69) is 41.8 Å². The average Bonchev–Trinajstić information content (AvgIpc) is 2.26. The minimum atomic E-state index is 0.998. The molecule has 0 saturated heterocycles. The number of fused-ring (bicyclic) bond motifs is 1. The van der Waals surface area contributed by atoms with Crippen LogP contribution in [0.25, 0.3) is 0 Å². The Bertz CT molecular complexity index is 298. The highest BCUT2D eigenvalue weighted by Crippen LogP contribution is 2.18. The first kappa shape index (κ1) is 10.1. The Morgan fingerprint density at radius 2 is 2.00 bits per heavy atom. The zero-order valence-electron chi connectivity index (χ0n) is 8.45. The fourth-order valence-electron chi connectivity index (χ4n) is 2.04. The lowest BCUT2D eigenvalue weighted by Crippen LogP contribution is -2.31. The van der Waals surface area contributed by atoms with Gasteiger partial charge < -0.3 is 0 Å². The summed E-state index contributed by atoms with van der Waals surface area (Å²) in [6, 6.07) is 8.79.